The quantitative estimate of drug-likeness (QED) is 0.301. The Morgan fingerprint density at radius 2 is 2.16 bits per heavy atom. The van der Waals surface area contributed by atoms with Gasteiger partial charge in [0.15, 0.2) is 0 Å². The van der Waals surface area contributed by atoms with Gasteiger partial charge < -0.3 is 24.6 Å². The minimum Gasteiger partial charge on any atom is -0.477 e. The fourth-order valence-electron chi connectivity index (χ4n) is 3.78. The van der Waals surface area contributed by atoms with Crippen molar-refractivity contribution in [3.05, 3.63) is 32.1 Å². The molecule has 2 aliphatic rings. The molecule has 0 unspecified atom stereocenters. The highest BCUT2D eigenvalue weighted by Crippen LogP contribution is 2.50. The van der Waals surface area contributed by atoms with E-state index in [-0.39, 0.29) is 49.4 Å². The third-order valence-corrected chi connectivity index (χ3v) is 7.10. The summed E-state index contributed by atoms with van der Waals surface area (Å²) in [6, 6.07) is -0.334. The molecule has 2 aliphatic heterocycles. The first kappa shape index (κ1) is 23.5. The Hall–Kier alpha value is -2.21. The number of esters is 1. The summed E-state index contributed by atoms with van der Waals surface area (Å²) in [6.07, 6.45) is 1.00. The molecule has 1 saturated heterocycles. The number of aliphatic hydroxyl groups is 1. The maximum absolute atomic E-state index is 12.4. The van der Waals surface area contributed by atoms with Crippen LogP contribution in [-0.4, -0.2) is 63.3 Å². The second kappa shape index (κ2) is 9.94. The molecule has 0 aliphatic carbocycles. The Morgan fingerprint density at radius 1 is 1.42 bits per heavy atom. The fraction of sp³-hybridized carbons (Fsp3) is 0.500. The van der Waals surface area contributed by atoms with Crippen molar-refractivity contribution in [3.63, 3.8) is 0 Å². The number of hydrogen-bond acceptors (Lipinski definition) is 9. The van der Waals surface area contributed by atoms with Crippen LogP contribution in [0.25, 0.3) is 6.08 Å². The zero-order valence-electron chi connectivity index (χ0n) is 17.3. The topological polar surface area (TPSA) is 126 Å². The third-order valence-electron chi connectivity index (χ3n) is 5.17. The van der Waals surface area contributed by atoms with Crippen molar-refractivity contribution < 1.29 is 34.1 Å². The second-order valence-electron chi connectivity index (χ2n) is 7.25. The number of carbonyl (C=O) groups is 3. The summed E-state index contributed by atoms with van der Waals surface area (Å²) in [6.45, 7) is 5.46. The van der Waals surface area contributed by atoms with Gasteiger partial charge in [-0.3, -0.25) is 9.59 Å². The highest BCUT2D eigenvalue weighted by Gasteiger charge is 2.59. The molecule has 4 atom stereocenters. The second-order valence-corrected chi connectivity index (χ2v) is 9.08. The van der Waals surface area contributed by atoms with E-state index in [2.05, 4.69) is 4.98 Å². The van der Waals surface area contributed by atoms with Crippen LogP contribution in [-0.2, 0) is 30.5 Å². The Bertz CT molecular complexity index is 924. The molecule has 2 N–H and O–H groups in total. The highest BCUT2D eigenvalue weighted by atomic mass is 32.2. The number of aliphatic hydroxyl groups excluding tert-OH is 1. The number of β-lactam (4-membered cyclic amide) rings is 1. The standard InChI is InChI=1S/C20H24N2O7S2/c1-10-16-15(11(2)23)19(25)22(16)17(20(26)27)18(10)30-7-4-14-13(21-9-31-14)8-28-5-6-29-12(3)24/h4,7,9-11,15-16,23H,5-6,8H2,1-3H3,(H,26,27)/t10-,11-,15-,16-/m1/s1. The molecule has 9 nitrogen and oxygen atoms in total. The van der Waals surface area contributed by atoms with Crippen LogP contribution in [0.15, 0.2) is 21.5 Å². The lowest BCUT2D eigenvalue weighted by molar-refractivity contribution is -0.163. The largest absolute Gasteiger partial charge is 0.477 e. The number of carboxylic acids is 1. The van der Waals surface area contributed by atoms with Gasteiger partial charge in [-0.15, -0.1) is 11.3 Å². The summed E-state index contributed by atoms with van der Waals surface area (Å²) in [5.74, 6) is -2.63. The van der Waals surface area contributed by atoms with Gasteiger partial charge in [0.05, 0.1) is 47.4 Å². The molecule has 0 aromatic carbocycles. The van der Waals surface area contributed by atoms with E-state index in [1.54, 1.807) is 17.8 Å². The Balaban J connectivity index is 1.65. The third kappa shape index (κ3) is 4.84. The molecule has 31 heavy (non-hydrogen) atoms. The van der Waals surface area contributed by atoms with Gasteiger partial charge in [0.25, 0.3) is 0 Å². The Kier molecular flexibility index (Phi) is 7.52. The van der Waals surface area contributed by atoms with Gasteiger partial charge in [0.2, 0.25) is 5.91 Å². The van der Waals surface area contributed by atoms with Crippen LogP contribution in [0, 0.1) is 11.8 Å². The van der Waals surface area contributed by atoms with Crippen molar-refractivity contribution in [2.24, 2.45) is 11.8 Å². The molecule has 1 aromatic heterocycles. The van der Waals surface area contributed by atoms with Crippen LogP contribution < -0.4 is 0 Å². The number of thiazole rings is 1. The van der Waals surface area contributed by atoms with Crippen molar-refractivity contribution in [3.8, 4) is 0 Å². The molecular weight excluding hydrogens is 444 g/mol. The average molecular weight is 469 g/mol. The number of thioether (sulfide) groups is 1. The summed E-state index contributed by atoms with van der Waals surface area (Å²) < 4.78 is 10.3. The molecule has 3 heterocycles. The molecule has 1 fully saturated rings. The van der Waals surface area contributed by atoms with E-state index in [4.69, 9.17) is 9.47 Å². The summed E-state index contributed by atoms with van der Waals surface area (Å²) in [5, 5.41) is 21.3. The smallest absolute Gasteiger partial charge is 0.353 e. The predicted molar refractivity (Wildman–Crippen MR) is 115 cm³/mol. The number of ether oxygens (including phenoxy) is 2. The van der Waals surface area contributed by atoms with E-state index in [0.717, 1.165) is 10.6 Å². The Labute approximate surface area is 187 Å². The van der Waals surface area contributed by atoms with Crippen molar-refractivity contribution in [2.75, 3.05) is 13.2 Å². The van der Waals surface area contributed by atoms with Crippen molar-refractivity contribution in [1.82, 2.24) is 9.88 Å². The number of fused-ring (bicyclic) bond motifs is 1. The average Bonchev–Trinajstić information content (AvgIpc) is 3.22. The first-order chi connectivity index (χ1) is 14.7. The first-order valence-electron chi connectivity index (χ1n) is 9.69. The first-order valence-corrected chi connectivity index (χ1v) is 11.4. The van der Waals surface area contributed by atoms with E-state index in [0.29, 0.717) is 4.91 Å². The molecule has 3 rings (SSSR count). The van der Waals surface area contributed by atoms with Crippen LogP contribution >= 0.6 is 23.1 Å². The van der Waals surface area contributed by atoms with Gasteiger partial charge in [-0.25, -0.2) is 9.78 Å². The zero-order chi connectivity index (χ0) is 22.7. The van der Waals surface area contributed by atoms with Crippen molar-refractivity contribution in [2.45, 2.75) is 39.5 Å². The summed E-state index contributed by atoms with van der Waals surface area (Å²) in [5.41, 5.74) is 2.41. The van der Waals surface area contributed by atoms with E-state index < -0.39 is 18.0 Å². The lowest BCUT2D eigenvalue weighted by Gasteiger charge is -2.46. The maximum atomic E-state index is 12.4. The normalized spacial score (nSPS) is 23.8. The number of aliphatic carboxylic acids is 1. The monoisotopic (exact) mass is 468 g/mol. The van der Waals surface area contributed by atoms with E-state index >= 15 is 0 Å². The van der Waals surface area contributed by atoms with Gasteiger partial charge in [-0.1, -0.05) is 18.7 Å². The molecule has 168 valence electrons. The summed E-state index contributed by atoms with van der Waals surface area (Å²) >= 11 is 2.68. The van der Waals surface area contributed by atoms with Gasteiger partial charge in [-0.05, 0) is 18.4 Å². The fourth-order valence-corrected chi connectivity index (χ4v) is 5.56. The van der Waals surface area contributed by atoms with E-state index in [9.17, 15) is 24.6 Å². The lowest BCUT2D eigenvalue weighted by atomic mass is 9.79. The minimum atomic E-state index is -1.15. The summed E-state index contributed by atoms with van der Waals surface area (Å²) in [7, 11) is 0. The molecule has 1 aromatic rings. The highest BCUT2D eigenvalue weighted by molar-refractivity contribution is 8.06. The number of aromatic nitrogens is 1. The number of rotatable bonds is 10. The van der Waals surface area contributed by atoms with Crippen LogP contribution in [0.3, 0.4) is 0 Å². The molecular formula is C20H24N2O7S2. The van der Waals surface area contributed by atoms with E-state index in [1.165, 1.54) is 34.9 Å². The van der Waals surface area contributed by atoms with Gasteiger partial charge in [0.1, 0.15) is 12.3 Å². The number of hydrogen-bond donors (Lipinski definition) is 2. The molecule has 1 amide bonds. The van der Waals surface area contributed by atoms with Crippen molar-refractivity contribution >= 4 is 47.0 Å². The maximum Gasteiger partial charge on any atom is 0.353 e. The number of amides is 1. The summed E-state index contributed by atoms with van der Waals surface area (Å²) in [4.78, 5) is 42.0. The van der Waals surface area contributed by atoms with Gasteiger partial charge >= 0.3 is 11.9 Å². The van der Waals surface area contributed by atoms with Crippen molar-refractivity contribution in [1.29, 1.82) is 0 Å². The molecule has 0 saturated carbocycles. The van der Waals surface area contributed by atoms with Crippen LogP contribution in [0.4, 0.5) is 0 Å². The van der Waals surface area contributed by atoms with E-state index in [1.807, 2.05) is 13.0 Å². The Morgan fingerprint density at radius 3 is 2.81 bits per heavy atom. The number of nitrogens with zero attached hydrogens (tertiary/aromatic N) is 2. The predicted octanol–water partition coefficient (Wildman–Crippen LogP) is 2.08. The molecule has 0 bridgehead atoms. The minimum absolute atomic E-state index is 0.00705. The number of carbonyl (C=O) groups excluding carboxylic acids is 2. The number of carboxylic acid groups (broad SMARTS) is 1. The van der Waals surface area contributed by atoms with Gasteiger partial charge in [0, 0.05) is 17.7 Å². The van der Waals surface area contributed by atoms with Gasteiger partial charge in [-0.2, -0.15) is 0 Å². The van der Waals surface area contributed by atoms with Crippen LogP contribution in [0.5, 0.6) is 0 Å². The van der Waals surface area contributed by atoms with Crippen LogP contribution in [0.2, 0.25) is 0 Å². The zero-order valence-corrected chi connectivity index (χ0v) is 18.9. The molecule has 0 radical (unpaired) electrons. The van der Waals surface area contributed by atoms with Crippen LogP contribution in [0.1, 0.15) is 31.3 Å². The molecule has 11 heteroatoms. The SMILES string of the molecule is CC(=O)OCCOCc1ncsc1C=CSC1=C(C(=O)O)N2C(=O)[C@H]([C@@H](C)O)[C@H]2[C@H]1C. The lowest BCUT2D eigenvalue weighted by Crippen LogP contribution is -2.63. The molecule has 0 spiro atoms.